The Morgan fingerprint density at radius 1 is 1.50 bits per heavy atom. The molecule has 1 aliphatic carbocycles. The van der Waals surface area contributed by atoms with Gasteiger partial charge >= 0.3 is 5.97 Å². The second-order valence-corrected chi connectivity index (χ2v) is 4.78. The number of carboxylic acids is 1. The maximum Gasteiger partial charge on any atom is 0.317 e. The van der Waals surface area contributed by atoms with Gasteiger partial charge in [-0.25, -0.2) is 0 Å². The van der Waals surface area contributed by atoms with E-state index in [4.69, 9.17) is 5.11 Å². The Hall–Kier alpha value is -0.870. The second kappa shape index (κ2) is 4.97. The first-order valence-electron chi connectivity index (χ1n) is 6.01. The van der Waals surface area contributed by atoms with Crippen LogP contribution in [0, 0.1) is 0 Å². The topological polar surface area (TPSA) is 43.8 Å². The van der Waals surface area contributed by atoms with Gasteiger partial charge in [0.2, 0.25) is 0 Å². The molecule has 1 N–H and O–H groups in total. The number of likely N-dealkylation sites (tertiary alicyclic amines) is 1. The zero-order valence-corrected chi connectivity index (χ0v) is 9.64. The van der Waals surface area contributed by atoms with Crippen molar-refractivity contribution in [3.05, 3.63) is 12.7 Å². The SMILES string of the molecule is C=CCN(CC(=O)O)C1CCN(C2CC2)C1. The quantitative estimate of drug-likeness (QED) is 0.678. The third-order valence-electron chi connectivity index (χ3n) is 3.48. The first-order valence-corrected chi connectivity index (χ1v) is 6.01. The van der Waals surface area contributed by atoms with Gasteiger partial charge < -0.3 is 5.11 Å². The maximum atomic E-state index is 10.8. The van der Waals surface area contributed by atoms with Crippen molar-refractivity contribution >= 4 is 5.97 Å². The molecule has 2 rings (SSSR count). The van der Waals surface area contributed by atoms with Crippen LogP contribution in [-0.2, 0) is 4.79 Å². The second-order valence-electron chi connectivity index (χ2n) is 4.78. The molecule has 0 radical (unpaired) electrons. The van der Waals surface area contributed by atoms with Crippen LogP contribution in [0.15, 0.2) is 12.7 Å². The fraction of sp³-hybridized carbons (Fsp3) is 0.750. The molecular formula is C12H20N2O2. The first kappa shape index (κ1) is 11.6. The van der Waals surface area contributed by atoms with Crippen molar-refractivity contribution in [1.82, 2.24) is 9.80 Å². The summed E-state index contributed by atoms with van der Waals surface area (Å²) in [5, 5.41) is 8.87. The van der Waals surface area contributed by atoms with Crippen LogP contribution in [0.4, 0.5) is 0 Å². The molecule has 0 bridgehead atoms. The maximum absolute atomic E-state index is 10.8. The number of hydrogen-bond donors (Lipinski definition) is 1. The zero-order valence-electron chi connectivity index (χ0n) is 9.64. The molecule has 4 heteroatoms. The number of hydrogen-bond acceptors (Lipinski definition) is 3. The Morgan fingerprint density at radius 3 is 2.81 bits per heavy atom. The van der Waals surface area contributed by atoms with Gasteiger partial charge in [-0.05, 0) is 19.3 Å². The van der Waals surface area contributed by atoms with Gasteiger partial charge in [0.1, 0.15) is 0 Å². The zero-order chi connectivity index (χ0) is 11.5. The highest BCUT2D eigenvalue weighted by molar-refractivity contribution is 5.69. The van der Waals surface area contributed by atoms with Gasteiger partial charge in [-0.3, -0.25) is 14.6 Å². The largest absolute Gasteiger partial charge is 0.480 e. The minimum absolute atomic E-state index is 0.134. The summed E-state index contributed by atoms with van der Waals surface area (Å²) in [7, 11) is 0. The van der Waals surface area contributed by atoms with Gasteiger partial charge in [-0.1, -0.05) is 6.08 Å². The summed E-state index contributed by atoms with van der Waals surface area (Å²) in [6, 6.07) is 1.19. The summed E-state index contributed by atoms with van der Waals surface area (Å²) in [6.07, 6.45) is 5.54. The monoisotopic (exact) mass is 224 g/mol. The molecule has 0 spiro atoms. The van der Waals surface area contributed by atoms with Crippen LogP contribution in [-0.4, -0.2) is 59.1 Å². The Kier molecular flexibility index (Phi) is 3.61. The molecule has 1 aliphatic heterocycles. The molecular weight excluding hydrogens is 204 g/mol. The summed E-state index contributed by atoms with van der Waals surface area (Å²) in [5.41, 5.74) is 0. The van der Waals surface area contributed by atoms with Crippen LogP contribution in [0.1, 0.15) is 19.3 Å². The number of carboxylic acid groups (broad SMARTS) is 1. The first-order chi connectivity index (χ1) is 7.70. The average Bonchev–Trinajstić information content (AvgIpc) is 2.96. The lowest BCUT2D eigenvalue weighted by molar-refractivity contribution is -0.138. The van der Waals surface area contributed by atoms with Gasteiger partial charge in [0.15, 0.2) is 0 Å². The molecule has 1 saturated carbocycles. The predicted molar refractivity (Wildman–Crippen MR) is 62.4 cm³/mol. The highest BCUT2D eigenvalue weighted by Gasteiger charge is 2.36. The molecule has 2 fully saturated rings. The van der Waals surface area contributed by atoms with Crippen LogP contribution in [0.25, 0.3) is 0 Å². The van der Waals surface area contributed by atoms with Crippen molar-refractivity contribution < 1.29 is 9.90 Å². The summed E-state index contributed by atoms with van der Waals surface area (Å²) in [5.74, 6) is -0.744. The molecule has 16 heavy (non-hydrogen) atoms. The Labute approximate surface area is 96.5 Å². The van der Waals surface area contributed by atoms with E-state index in [-0.39, 0.29) is 6.54 Å². The van der Waals surface area contributed by atoms with Gasteiger partial charge in [0, 0.05) is 31.7 Å². The highest BCUT2D eigenvalue weighted by Crippen LogP contribution is 2.31. The minimum Gasteiger partial charge on any atom is -0.480 e. The molecule has 2 aliphatic rings. The fourth-order valence-electron chi connectivity index (χ4n) is 2.52. The minimum atomic E-state index is -0.744. The van der Waals surface area contributed by atoms with Crippen molar-refractivity contribution in [3.8, 4) is 0 Å². The van der Waals surface area contributed by atoms with E-state index in [2.05, 4.69) is 11.5 Å². The van der Waals surface area contributed by atoms with Crippen molar-refractivity contribution in [1.29, 1.82) is 0 Å². The third kappa shape index (κ3) is 2.83. The van der Waals surface area contributed by atoms with E-state index in [9.17, 15) is 4.79 Å². The third-order valence-corrected chi connectivity index (χ3v) is 3.48. The molecule has 0 aromatic carbocycles. The molecule has 1 atom stereocenters. The van der Waals surface area contributed by atoms with E-state index in [0.29, 0.717) is 12.6 Å². The van der Waals surface area contributed by atoms with Gasteiger partial charge in [0.25, 0.3) is 0 Å². The van der Waals surface area contributed by atoms with E-state index < -0.39 is 5.97 Å². The van der Waals surface area contributed by atoms with Gasteiger partial charge in [0.05, 0.1) is 6.54 Å². The molecule has 1 saturated heterocycles. The van der Waals surface area contributed by atoms with Crippen LogP contribution in [0.5, 0.6) is 0 Å². The van der Waals surface area contributed by atoms with Crippen LogP contribution in [0.2, 0.25) is 0 Å². The van der Waals surface area contributed by atoms with Gasteiger partial charge in [-0.15, -0.1) is 6.58 Å². The standard InChI is InChI=1S/C12H20N2O2/c1-2-6-13(9-12(15)16)11-5-7-14(8-11)10-3-4-10/h2,10-11H,1,3-9H2,(H,15,16). The van der Waals surface area contributed by atoms with Crippen LogP contribution >= 0.6 is 0 Å². The molecule has 1 heterocycles. The molecule has 90 valence electrons. The highest BCUT2D eigenvalue weighted by atomic mass is 16.4. The number of carbonyl (C=O) groups is 1. The summed E-state index contributed by atoms with van der Waals surface area (Å²) >= 11 is 0. The lowest BCUT2D eigenvalue weighted by atomic mass is 10.2. The lowest BCUT2D eigenvalue weighted by Gasteiger charge is -2.26. The summed E-state index contributed by atoms with van der Waals surface area (Å²) < 4.78 is 0. The Balaban J connectivity index is 1.87. The normalized spacial score (nSPS) is 26.2. The molecule has 4 nitrogen and oxygen atoms in total. The van der Waals surface area contributed by atoms with Crippen LogP contribution in [0.3, 0.4) is 0 Å². The van der Waals surface area contributed by atoms with E-state index in [1.807, 2.05) is 4.90 Å². The molecule has 1 unspecified atom stereocenters. The Bertz CT molecular complexity index is 276. The molecule has 0 aromatic heterocycles. The summed E-state index contributed by atoms with van der Waals surface area (Å²) in [4.78, 5) is 15.3. The van der Waals surface area contributed by atoms with E-state index in [0.717, 1.165) is 25.6 Å². The average molecular weight is 224 g/mol. The lowest BCUT2D eigenvalue weighted by Crippen LogP contribution is -2.41. The smallest absolute Gasteiger partial charge is 0.317 e. The predicted octanol–water partition coefficient (Wildman–Crippen LogP) is 0.796. The summed E-state index contributed by atoms with van der Waals surface area (Å²) in [6.45, 7) is 6.67. The van der Waals surface area contributed by atoms with Crippen LogP contribution < -0.4 is 0 Å². The number of rotatable bonds is 6. The molecule has 0 aromatic rings. The van der Waals surface area contributed by atoms with Gasteiger partial charge in [-0.2, -0.15) is 0 Å². The Morgan fingerprint density at radius 2 is 2.25 bits per heavy atom. The van der Waals surface area contributed by atoms with E-state index >= 15 is 0 Å². The number of aliphatic carboxylic acids is 1. The number of nitrogens with zero attached hydrogens (tertiary/aromatic N) is 2. The van der Waals surface area contributed by atoms with Crippen molar-refractivity contribution in [3.63, 3.8) is 0 Å². The van der Waals surface area contributed by atoms with Crippen molar-refractivity contribution in [2.75, 3.05) is 26.2 Å². The van der Waals surface area contributed by atoms with E-state index in [1.54, 1.807) is 6.08 Å². The fourth-order valence-corrected chi connectivity index (χ4v) is 2.52. The molecule has 0 amide bonds. The van der Waals surface area contributed by atoms with Crippen molar-refractivity contribution in [2.24, 2.45) is 0 Å². The van der Waals surface area contributed by atoms with E-state index in [1.165, 1.54) is 12.8 Å². The van der Waals surface area contributed by atoms with Crippen molar-refractivity contribution in [2.45, 2.75) is 31.3 Å².